The van der Waals surface area contributed by atoms with Crippen molar-refractivity contribution in [2.24, 2.45) is 0 Å². The summed E-state index contributed by atoms with van der Waals surface area (Å²) in [5.41, 5.74) is 0. The van der Waals surface area contributed by atoms with E-state index >= 15 is 0 Å². The molecule has 0 aromatic heterocycles. The molecule has 1 aliphatic rings. The molecule has 0 spiro atoms. The predicted octanol–water partition coefficient (Wildman–Crippen LogP) is 1.77. The molecule has 0 aliphatic carbocycles. The minimum Gasteiger partial charge on any atom is -0.349 e. The van der Waals surface area contributed by atoms with E-state index in [0.717, 1.165) is 13.0 Å². The quantitative estimate of drug-likeness (QED) is 0.550. The number of alkyl halides is 1. The maximum absolute atomic E-state index is 5.64. The normalized spacial score (nSPS) is 41.7. The van der Waals surface area contributed by atoms with Crippen molar-refractivity contribution >= 4 is 11.6 Å². The fourth-order valence-electron chi connectivity index (χ4n) is 1.03. The molecule has 0 saturated carbocycles. The topological polar surface area (TPSA) is 18.5 Å². The Hall–Kier alpha value is 0.210. The zero-order chi connectivity index (χ0) is 7.61. The molecule has 0 bridgehead atoms. The van der Waals surface area contributed by atoms with Gasteiger partial charge in [0.05, 0.1) is 18.6 Å². The molecule has 10 heavy (non-hydrogen) atoms. The smallest absolute Gasteiger partial charge is 0.179 e. The third kappa shape index (κ3) is 1.84. The van der Waals surface area contributed by atoms with Crippen LogP contribution in [0.15, 0.2) is 0 Å². The van der Waals surface area contributed by atoms with Gasteiger partial charge in [-0.15, -0.1) is 11.6 Å². The van der Waals surface area contributed by atoms with Crippen LogP contribution in [0.5, 0.6) is 0 Å². The van der Waals surface area contributed by atoms with Gasteiger partial charge in [0.25, 0.3) is 0 Å². The summed E-state index contributed by atoms with van der Waals surface area (Å²) in [6.07, 6.45) is 1.24. The van der Waals surface area contributed by atoms with Gasteiger partial charge >= 0.3 is 0 Å². The second kappa shape index (κ2) is 3.07. The molecule has 0 unspecified atom stereocenters. The van der Waals surface area contributed by atoms with Gasteiger partial charge in [-0.25, -0.2) is 0 Å². The molecule has 2 atom stereocenters. The first-order valence-corrected chi connectivity index (χ1v) is 4.07. The lowest BCUT2D eigenvalue weighted by atomic mass is 10.2. The highest BCUT2D eigenvalue weighted by Gasteiger charge is 2.30. The lowest BCUT2D eigenvalue weighted by Gasteiger charge is -2.35. The molecule has 2 nitrogen and oxygen atoms in total. The van der Waals surface area contributed by atoms with Gasteiger partial charge in [0.15, 0.2) is 5.79 Å². The van der Waals surface area contributed by atoms with Crippen molar-refractivity contribution in [2.75, 3.05) is 12.5 Å². The maximum Gasteiger partial charge on any atom is 0.179 e. The molecule has 0 radical (unpaired) electrons. The van der Waals surface area contributed by atoms with Crippen molar-refractivity contribution in [3.63, 3.8) is 0 Å². The SMILES string of the molecule is C[C@H]1CCO[C@@](C)(CCl)O1. The first-order chi connectivity index (χ1) is 4.66. The van der Waals surface area contributed by atoms with Crippen LogP contribution >= 0.6 is 11.6 Å². The third-order valence-electron chi connectivity index (χ3n) is 1.62. The van der Waals surface area contributed by atoms with Crippen molar-refractivity contribution in [1.29, 1.82) is 0 Å². The summed E-state index contributed by atoms with van der Waals surface area (Å²) in [5.74, 6) is -0.142. The van der Waals surface area contributed by atoms with Gasteiger partial charge in [0.1, 0.15) is 0 Å². The molecule has 0 aromatic rings. The molecule has 1 fully saturated rings. The molecule has 1 rings (SSSR count). The zero-order valence-electron chi connectivity index (χ0n) is 6.39. The van der Waals surface area contributed by atoms with Crippen molar-refractivity contribution < 1.29 is 9.47 Å². The Morgan fingerprint density at radius 1 is 1.70 bits per heavy atom. The number of ether oxygens (including phenoxy) is 2. The summed E-state index contributed by atoms with van der Waals surface area (Å²) in [6, 6.07) is 0. The van der Waals surface area contributed by atoms with E-state index in [1.807, 2.05) is 13.8 Å². The van der Waals surface area contributed by atoms with Gasteiger partial charge in [0, 0.05) is 0 Å². The summed E-state index contributed by atoms with van der Waals surface area (Å²) in [4.78, 5) is 0. The van der Waals surface area contributed by atoms with Crippen LogP contribution in [0, 0.1) is 0 Å². The Balaban J connectivity index is 2.45. The highest BCUT2D eigenvalue weighted by molar-refractivity contribution is 6.18. The van der Waals surface area contributed by atoms with E-state index in [2.05, 4.69) is 0 Å². The maximum atomic E-state index is 5.64. The molecule has 0 N–H and O–H groups in total. The van der Waals surface area contributed by atoms with Crippen LogP contribution in [-0.2, 0) is 9.47 Å². The van der Waals surface area contributed by atoms with Crippen molar-refractivity contribution in [3.05, 3.63) is 0 Å². The zero-order valence-corrected chi connectivity index (χ0v) is 7.15. The standard InChI is InChI=1S/C7H13ClO2/c1-6-3-4-9-7(2,5-8)10-6/h6H,3-5H2,1-2H3/t6-,7+/m0/s1. The van der Waals surface area contributed by atoms with Crippen molar-refractivity contribution in [2.45, 2.75) is 32.2 Å². The summed E-state index contributed by atoms with van der Waals surface area (Å²) < 4.78 is 10.8. The van der Waals surface area contributed by atoms with Crippen LogP contribution in [0.3, 0.4) is 0 Å². The van der Waals surface area contributed by atoms with Crippen LogP contribution < -0.4 is 0 Å². The van der Waals surface area contributed by atoms with E-state index in [0.29, 0.717) is 5.88 Å². The minimum absolute atomic E-state index is 0.275. The van der Waals surface area contributed by atoms with Crippen molar-refractivity contribution in [3.8, 4) is 0 Å². The number of rotatable bonds is 1. The van der Waals surface area contributed by atoms with Crippen LogP contribution in [0.4, 0.5) is 0 Å². The van der Waals surface area contributed by atoms with E-state index in [-0.39, 0.29) is 6.10 Å². The third-order valence-corrected chi connectivity index (χ3v) is 2.11. The molecule has 1 aliphatic heterocycles. The Morgan fingerprint density at radius 3 is 2.80 bits per heavy atom. The van der Waals surface area contributed by atoms with Crippen LogP contribution in [0.2, 0.25) is 0 Å². The van der Waals surface area contributed by atoms with Gasteiger partial charge in [-0.3, -0.25) is 0 Å². The second-order valence-corrected chi connectivity index (χ2v) is 3.10. The average Bonchev–Trinajstić information content (AvgIpc) is 1.88. The number of hydrogen-bond acceptors (Lipinski definition) is 2. The largest absolute Gasteiger partial charge is 0.349 e. The molecule has 1 saturated heterocycles. The van der Waals surface area contributed by atoms with E-state index in [1.54, 1.807) is 0 Å². The predicted molar refractivity (Wildman–Crippen MR) is 40.2 cm³/mol. The fourth-order valence-corrected chi connectivity index (χ4v) is 1.17. The molecule has 0 amide bonds. The Labute approximate surface area is 66.5 Å². The Morgan fingerprint density at radius 2 is 2.40 bits per heavy atom. The van der Waals surface area contributed by atoms with E-state index in [4.69, 9.17) is 21.1 Å². The number of halogens is 1. The molecule has 3 heteroatoms. The average molecular weight is 165 g/mol. The van der Waals surface area contributed by atoms with Crippen LogP contribution in [0.25, 0.3) is 0 Å². The van der Waals surface area contributed by atoms with Crippen LogP contribution in [0.1, 0.15) is 20.3 Å². The first kappa shape index (κ1) is 8.31. The Bertz CT molecular complexity index is 118. The van der Waals surface area contributed by atoms with Crippen molar-refractivity contribution in [1.82, 2.24) is 0 Å². The monoisotopic (exact) mass is 164 g/mol. The Kier molecular flexibility index (Phi) is 2.55. The number of hydrogen-bond donors (Lipinski definition) is 0. The highest BCUT2D eigenvalue weighted by atomic mass is 35.5. The fraction of sp³-hybridized carbons (Fsp3) is 1.00. The summed E-state index contributed by atoms with van der Waals surface area (Å²) in [7, 11) is 0. The lowest BCUT2D eigenvalue weighted by Crippen LogP contribution is -2.42. The summed E-state index contributed by atoms with van der Waals surface area (Å²) in [5, 5.41) is 0. The van der Waals surface area contributed by atoms with E-state index in [1.165, 1.54) is 0 Å². The lowest BCUT2D eigenvalue weighted by molar-refractivity contribution is -0.266. The van der Waals surface area contributed by atoms with Crippen LogP contribution in [-0.4, -0.2) is 24.4 Å². The second-order valence-electron chi connectivity index (χ2n) is 2.83. The molecular weight excluding hydrogens is 152 g/mol. The summed E-state index contributed by atoms with van der Waals surface area (Å²) in [6.45, 7) is 4.66. The first-order valence-electron chi connectivity index (χ1n) is 3.54. The molecular formula is C7H13ClO2. The molecule has 1 heterocycles. The molecule has 60 valence electrons. The van der Waals surface area contributed by atoms with Gasteiger partial charge in [-0.2, -0.15) is 0 Å². The molecule has 0 aromatic carbocycles. The van der Waals surface area contributed by atoms with Gasteiger partial charge in [-0.05, 0) is 20.3 Å². The highest BCUT2D eigenvalue weighted by Crippen LogP contribution is 2.23. The van der Waals surface area contributed by atoms with E-state index < -0.39 is 5.79 Å². The van der Waals surface area contributed by atoms with Gasteiger partial charge in [-0.1, -0.05) is 0 Å². The summed E-state index contributed by atoms with van der Waals surface area (Å²) >= 11 is 5.64. The minimum atomic E-state index is -0.542. The van der Waals surface area contributed by atoms with E-state index in [9.17, 15) is 0 Å². The van der Waals surface area contributed by atoms with Gasteiger partial charge in [0.2, 0.25) is 0 Å². The van der Waals surface area contributed by atoms with Gasteiger partial charge < -0.3 is 9.47 Å².